The Bertz CT molecular complexity index is 1080. The first-order chi connectivity index (χ1) is 13.9. The van der Waals surface area contributed by atoms with Crippen LogP contribution in [0.5, 0.6) is 11.5 Å². The molecule has 0 aliphatic rings. The van der Waals surface area contributed by atoms with Gasteiger partial charge in [-0.25, -0.2) is 9.18 Å². The molecule has 0 aliphatic heterocycles. The molecule has 0 aliphatic carbocycles. The fourth-order valence-corrected chi connectivity index (χ4v) is 2.80. The number of aliphatic carboxylic acids is 1. The van der Waals surface area contributed by atoms with Crippen LogP contribution in [0.4, 0.5) is 4.39 Å². The van der Waals surface area contributed by atoms with Gasteiger partial charge in [0.05, 0.1) is 4.47 Å². The van der Waals surface area contributed by atoms with Crippen molar-refractivity contribution < 1.29 is 23.8 Å². The standard InChI is InChI=1S/C22H15BrFNO4/c23-16-8-4-5-9-19(16)29-20-11-10-14(12-17(20)24)13-18(22(27)28)25-21(26)15-6-2-1-3-7-15/h1-13H,(H,25,26)(H,27,28). The van der Waals surface area contributed by atoms with Crippen LogP contribution in [0.3, 0.4) is 0 Å². The van der Waals surface area contributed by atoms with Crippen LogP contribution in [0.2, 0.25) is 0 Å². The summed E-state index contributed by atoms with van der Waals surface area (Å²) in [6.45, 7) is 0. The average molecular weight is 456 g/mol. The number of nitrogens with one attached hydrogen (secondary N) is 1. The van der Waals surface area contributed by atoms with Crippen molar-refractivity contribution in [3.05, 3.63) is 99.9 Å². The van der Waals surface area contributed by atoms with Gasteiger partial charge in [-0.15, -0.1) is 0 Å². The van der Waals surface area contributed by atoms with Crippen LogP contribution in [-0.2, 0) is 4.79 Å². The fraction of sp³-hybridized carbons (Fsp3) is 0. The van der Waals surface area contributed by atoms with Gasteiger partial charge >= 0.3 is 5.97 Å². The Hall–Kier alpha value is -3.45. The van der Waals surface area contributed by atoms with Crippen LogP contribution in [0, 0.1) is 5.82 Å². The molecule has 0 saturated heterocycles. The molecule has 0 bridgehead atoms. The number of carboxylic acid groups (broad SMARTS) is 1. The minimum absolute atomic E-state index is 0.0146. The molecular formula is C22H15BrFNO4. The number of hydrogen-bond acceptors (Lipinski definition) is 3. The van der Waals surface area contributed by atoms with Crippen molar-refractivity contribution in [3.8, 4) is 11.5 Å². The topological polar surface area (TPSA) is 75.6 Å². The van der Waals surface area contributed by atoms with E-state index in [1.54, 1.807) is 54.6 Å². The van der Waals surface area contributed by atoms with Crippen molar-refractivity contribution >= 4 is 33.9 Å². The van der Waals surface area contributed by atoms with Crippen LogP contribution in [0.15, 0.2) is 83.0 Å². The Morgan fingerprint density at radius 3 is 2.31 bits per heavy atom. The third-order valence-electron chi connectivity index (χ3n) is 3.84. The van der Waals surface area contributed by atoms with Crippen molar-refractivity contribution in [1.29, 1.82) is 0 Å². The number of benzene rings is 3. The molecule has 0 aromatic heterocycles. The molecule has 0 saturated carbocycles. The van der Waals surface area contributed by atoms with Crippen LogP contribution in [0.1, 0.15) is 15.9 Å². The molecule has 3 aromatic carbocycles. The minimum atomic E-state index is -1.34. The first-order valence-corrected chi connectivity index (χ1v) is 9.26. The van der Waals surface area contributed by atoms with E-state index in [1.807, 2.05) is 0 Å². The lowest BCUT2D eigenvalue weighted by molar-refractivity contribution is -0.132. The Kier molecular flexibility index (Phi) is 6.41. The van der Waals surface area contributed by atoms with Gasteiger partial charge < -0.3 is 15.2 Å². The highest BCUT2D eigenvalue weighted by molar-refractivity contribution is 9.10. The zero-order valence-corrected chi connectivity index (χ0v) is 16.5. The number of amides is 1. The van der Waals surface area contributed by atoms with Gasteiger partial charge in [0.1, 0.15) is 11.4 Å². The van der Waals surface area contributed by atoms with Gasteiger partial charge in [0.15, 0.2) is 11.6 Å². The zero-order valence-electron chi connectivity index (χ0n) is 14.9. The molecule has 5 nitrogen and oxygen atoms in total. The van der Waals surface area contributed by atoms with Gasteiger partial charge in [0.25, 0.3) is 5.91 Å². The number of hydrogen-bond donors (Lipinski definition) is 2. The van der Waals surface area contributed by atoms with E-state index in [2.05, 4.69) is 21.2 Å². The van der Waals surface area contributed by atoms with Gasteiger partial charge in [-0.3, -0.25) is 4.79 Å². The normalized spacial score (nSPS) is 11.0. The van der Waals surface area contributed by atoms with E-state index >= 15 is 0 Å². The van der Waals surface area contributed by atoms with E-state index in [9.17, 15) is 19.1 Å². The van der Waals surface area contributed by atoms with E-state index in [4.69, 9.17) is 4.74 Å². The lowest BCUT2D eigenvalue weighted by Crippen LogP contribution is -2.27. The molecule has 1 amide bonds. The second kappa shape index (κ2) is 9.16. The number of halogens is 2. The molecule has 2 N–H and O–H groups in total. The molecule has 3 aromatic rings. The summed E-state index contributed by atoms with van der Waals surface area (Å²) >= 11 is 3.32. The summed E-state index contributed by atoms with van der Waals surface area (Å²) in [6.07, 6.45) is 1.18. The summed E-state index contributed by atoms with van der Waals surface area (Å²) in [5.41, 5.74) is 0.188. The Balaban J connectivity index is 1.81. The predicted molar refractivity (Wildman–Crippen MR) is 110 cm³/mol. The number of para-hydroxylation sites is 1. The van der Waals surface area contributed by atoms with Crippen LogP contribution in [-0.4, -0.2) is 17.0 Å². The lowest BCUT2D eigenvalue weighted by Gasteiger charge is -2.10. The molecule has 0 unspecified atom stereocenters. The maximum absolute atomic E-state index is 14.4. The highest BCUT2D eigenvalue weighted by Gasteiger charge is 2.14. The highest BCUT2D eigenvalue weighted by Crippen LogP contribution is 2.31. The number of ether oxygens (including phenoxy) is 1. The first kappa shape index (κ1) is 20.3. The van der Waals surface area contributed by atoms with E-state index < -0.39 is 17.7 Å². The van der Waals surface area contributed by atoms with E-state index in [0.29, 0.717) is 15.8 Å². The molecule has 0 fully saturated rings. The maximum atomic E-state index is 14.4. The second-order valence-electron chi connectivity index (χ2n) is 5.91. The molecule has 29 heavy (non-hydrogen) atoms. The monoisotopic (exact) mass is 455 g/mol. The van der Waals surface area contributed by atoms with E-state index in [0.717, 1.165) is 6.07 Å². The third kappa shape index (κ3) is 5.30. The second-order valence-corrected chi connectivity index (χ2v) is 6.76. The van der Waals surface area contributed by atoms with Gasteiger partial charge in [0, 0.05) is 5.56 Å². The van der Waals surface area contributed by atoms with Crippen molar-refractivity contribution in [2.45, 2.75) is 0 Å². The first-order valence-electron chi connectivity index (χ1n) is 8.47. The van der Waals surface area contributed by atoms with Gasteiger partial charge in [-0.05, 0) is 64.0 Å². The van der Waals surface area contributed by atoms with Crippen molar-refractivity contribution in [2.24, 2.45) is 0 Å². The molecule has 0 heterocycles. The Morgan fingerprint density at radius 2 is 1.66 bits per heavy atom. The smallest absolute Gasteiger partial charge is 0.352 e. The summed E-state index contributed by atoms with van der Waals surface area (Å²) in [6, 6.07) is 19.2. The largest absolute Gasteiger partial charge is 0.477 e. The Labute approximate surface area is 174 Å². The predicted octanol–water partition coefficient (Wildman–Crippen LogP) is 5.24. The van der Waals surface area contributed by atoms with Crippen LogP contribution in [0.25, 0.3) is 6.08 Å². The molecule has 3 rings (SSSR count). The molecule has 146 valence electrons. The summed E-state index contributed by atoms with van der Waals surface area (Å²) in [7, 11) is 0. The van der Waals surface area contributed by atoms with Crippen LogP contribution >= 0.6 is 15.9 Å². The molecule has 0 atom stereocenters. The molecule has 0 radical (unpaired) electrons. The van der Waals surface area contributed by atoms with E-state index in [1.165, 1.54) is 18.2 Å². The minimum Gasteiger partial charge on any atom is -0.477 e. The molecular weight excluding hydrogens is 441 g/mol. The van der Waals surface area contributed by atoms with Crippen LogP contribution < -0.4 is 10.1 Å². The van der Waals surface area contributed by atoms with Gasteiger partial charge in [-0.2, -0.15) is 0 Å². The summed E-state index contributed by atoms with van der Waals surface area (Å²) in [4.78, 5) is 23.7. The SMILES string of the molecule is O=C(O)C(=Cc1ccc(Oc2ccccc2Br)c(F)c1)NC(=O)c1ccccc1. The van der Waals surface area contributed by atoms with Crippen molar-refractivity contribution in [1.82, 2.24) is 5.32 Å². The lowest BCUT2D eigenvalue weighted by atomic mass is 10.1. The molecule has 7 heteroatoms. The van der Waals surface area contributed by atoms with Crippen molar-refractivity contribution in [2.75, 3.05) is 0 Å². The Morgan fingerprint density at radius 1 is 0.966 bits per heavy atom. The number of rotatable bonds is 6. The van der Waals surface area contributed by atoms with Gasteiger partial charge in [-0.1, -0.05) is 36.4 Å². The highest BCUT2D eigenvalue weighted by atomic mass is 79.9. The third-order valence-corrected chi connectivity index (χ3v) is 4.49. The van der Waals surface area contributed by atoms with Crippen molar-refractivity contribution in [3.63, 3.8) is 0 Å². The quantitative estimate of drug-likeness (QED) is 0.498. The summed E-state index contributed by atoms with van der Waals surface area (Å²) in [5, 5.41) is 11.7. The number of carbonyl (C=O) groups is 2. The average Bonchev–Trinajstić information content (AvgIpc) is 2.71. The summed E-state index contributed by atoms with van der Waals surface area (Å²) < 4.78 is 20.7. The maximum Gasteiger partial charge on any atom is 0.352 e. The van der Waals surface area contributed by atoms with Gasteiger partial charge in [0.2, 0.25) is 0 Å². The molecule has 0 spiro atoms. The fourth-order valence-electron chi connectivity index (χ4n) is 2.44. The number of carbonyl (C=O) groups excluding carboxylic acids is 1. The summed E-state index contributed by atoms with van der Waals surface area (Å²) in [5.74, 6) is -2.17. The zero-order chi connectivity index (χ0) is 20.8. The van der Waals surface area contributed by atoms with E-state index in [-0.39, 0.29) is 17.0 Å². The number of carboxylic acids is 1.